The number of rotatable bonds is 32. The van der Waals surface area contributed by atoms with Crippen LogP contribution in [0.3, 0.4) is 0 Å². The van der Waals surface area contributed by atoms with E-state index in [1.807, 2.05) is 90.1 Å². The molecule has 0 unspecified atom stereocenters. The van der Waals surface area contributed by atoms with Gasteiger partial charge < -0.3 is 27.1 Å². The van der Waals surface area contributed by atoms with E-state index in [0.717, 1.165) is 169 Å². The second kappa shape index (κ2) is 53.2. The molecular weight excluding hydrogens is 1910 g/mol. The highest BCUT2D eigenvalue weighted by Crippen LogP contribution is 2.51. The lowest BCUT2D eigenvalue weighted by atomic mass is 9.89. The Kier molecular flexibility index (Phi) is 44.6. The van der Waals surface area contributed by atoms with Gasteiger partial charge in [-0.3, -0.25) is 4.18 Å². The van der Waals surface area contributed by atoms with Crippen molar-refractivity contribution >= 4 is 80.9 Å². The molecule has 6 aromatic rings. The van der Waals surface area contributed by atoms with Crippen molar-refractivity contribution in [1.29, 1.82) is 0 Å². The fraction of sp³-hybridized carbons (Fsp3) is 0.640. The maximum Gasteiger partial charge on any atom is 0.425 e. The second-order valence-corrected chi connectivity index (χ2v) is 53.4. The molecule has 36 heteroatoms. The topological polar surface area (TPSA) is 347 Å². The molecule has 8 fully saturated rings. The first-order chi connectivity index (χ1) is 64.1. The van der Waals surface area contributed by atoms with Crippen LogP contribution in [0.25, 0.3) is 0 Å². The Bertz CT molecular complexity index is 5170. The van der Waals surface area contributed by atoms with Gasteiger partial charge in [0, 0.05) is 97.3 Å². The number of nitrogens with zero attached hydrogens (tertiary/aromatic N) is 6. The fourth-order valence-corrected chi connectivity index (χ4v) is 28.5. The number of hydrogen-bond acceptors (Lipinski definition) is 20. The van der Waals surface area contributed by atoms with Gasteiger partial charge in [-0.15, -0.1) is 12.6 Å². The summed E-state index contributed by atoms with van der Waals surface area (Å²) in [4.78, 5) is 8.17. The Morgan fingerprint density at radius 1 is 0.382 bits per heavy atom. The summed E-state index contributed by atoms with van der Waals surface area (Å²) < 4.78 is 226. The predicted molar refractivity (Wildman–Crippen MR) is 533 cm³/mol. The first-order valence-electron chi connectivity index (χ1n) is 49.4. The molecule has 0 radical (unpaired) electrons. The van der Waals surface area contributed by atoms with Crippen molar-refractivity contribution in [2.45, 2.75) is 271 Å². The van der Waals surface area contributed by atoms with Crippen LogP contribution in [0.5, 0.6) is 0 Å². The highest BCUT2D eigenvalue weighted by Gasteiger charge is 2.51. The lowest BCUT2D eigenvalue weighted by Gasteiger charge is -2.34. The van der Waals surface area contributed by atoms with Gasteiger partial charge >= 0.3 is 10.6 Å². The summed E-state index contributed by atoms with van der Waals surface area (Å²) in [7, 11) is -28.2. The Labute approximate surface area is 824 Å². The van der Waals surface area contributed by atoms with Crippen molar-refractivity contribution < 1.29 is 93.0 Å². The highest BCUT2D eigenvalue weighted by atomic mass is 35.5. The van der Waals surface area contributed by atoms with Crippen molar-refractivity contribution in [3.8, 4) is 0 Å². The van der Waals surface area contributed by atoms with Crippen molar-refractivity contribution in [3.63, 3.8) is 0 Å². The minimum absolute atomic E-state index is 0. The number of benzene rings is 6. The van der Waals surface area contributed by atoms with Gasteiger partial charge in [0.2, 0.25) is 60.1 Å². The zero-order valence-corrected chi connectivity index (χ0v) is 88.9. The molecule has 0 bridgehead atoms. The van der Waals surface area contributed by atoms with Gasteiger partial charge in [-0.2, -0.15) is 25.6 Å². The van der Waals surface area contributed by atoms with E-state index >= 15 is 0 Å². The first-order valence-corrected chi connectivity index (χ1v) is 60.7. The van der Waals surface area contributed by atoms with E-state index in [1.54, 1.807) is 121 Å². The standard InChI is InChI=1S/2C32H47N3O4S2.C27H41N3O4S2.C9H18O3S.ClH.O3S/c2*1-27-10-14-30(15-11-27)40(36,37)34-22-6-20-33(24-29-8-4-3-5-9-29)21-7-23-35(26-32(25-34)18-19-32)41(38,39)31-16-12-28(2)13-17-31;1-23-10-14-26(15-11-23)35(31,32)28-18-6-20-30(22-25-8-4-3-5-9-25)21-7-19-29-36(33,34)27-16-12-24(2)13-17-27;1-3-5-9(6-7-9)8-12-13(10,11)4-2;;1-4(2)3/h2*10-17,29H,3-9,18-26H2,1-2H3;10-17,25,28-29H,3-9,18-22H2,1-2H3;3-8H2,1-2H3;1H;. The number of sulfonamides is 6. The maximum absolute atomic E-state index is 13.9. The average molecular weight is 2060 g/mol. The Morgan fingerprint density at radius 3 is 0.971 bits per heavy atom. The third kappa shape index (κ3) is 36.4. The van der Waals surface area contributed by atoms with E-state index in [9.17, 15) is 58.9 Å². The quantitative estimate of drug-likeness (QED) is 0.0261. The highest BCUT2D eigenvalue weighted by molar-refractivity contribution is 7.90. The number of hydrogen-bond donors (Lipinski definition) is 3. The molecule has 8 aliphatic rings. The smallest absolute Gasteiger partial charge is 0.425 e. The molecule has 136 heavy (non-hydrogen) atoms. The maximum atomic E-state index is 13.9. The van der Waals surface area contributed by atoms with Crippen LogP contribution >= 0.6 is 0 Å². The van der Waals surface area contributed by atoms with E-state index in [-0.39, 0.29) is 44.2 Å². The zero-order chi connectivity index (χ0) is 97.7. The molecule has 27 nitrogen and oxygen atoms in total. The predicted octanol–water partition coefficient (Wildman–Crippen LogP) is 11.6. The molecule has 2 heterocycles. The number of quaternary nitrogens is 1. The zero-order valence-electron chi connectivity index (χ0n) is 81.6. The van der Waals surface area contributed by atoms with Crippen LogP contribution in [0.2, 0.25) is 0 Å². The normalized spacial score (nSPS) is 19.9. The number of halogens is 1. The summed E-state index contributed by atoms with van der Waals surface area (Å²) >= 11 is 0. The summed E-state index contributed by atoms with van der Waals surface area (Å²) in [6, 6.07) is 42.1. The Balaban J connectivity index is 0.000000210. The van der Waals surface area contributed by atoms with Crippen molar-refractivity contribution in [1.82, 2.24) is 36.5 Å². The van der Waals surface area contributed by atoms with Crippen LogP contribution in [0.1, 0.15) is 233 Å². The minimum Gasteiger partial charge on any atom is -1.00 e. The third-order valence-corrected chi connectivity index (χ3v) is 39.8. The van der Waals surface area contributed by atoms with E-state index in [0.29, 0.717) is 122 Å². The molecule has 0 aromatic heterocycles. The fourth-order valence-electron chi connectivity index (χ4n) is 19.4. The van der Waals surface area contributed by atoms with E-state index in [2.05, 4.69) is 26.2 Å². The molecule has 2 saturated heterocycles. The molecule has 14 rings (SSSR count). The molecule has 2 aliphatic heterocycles. The van der Waals surface area contributed by atoms with Crippen LogP contribution in [0.4, 0.5) is 0 Å². The molecule has 0 amide bonds. The summed E-state index contributed by atoms with van der Waals surface area (Å²) in [6.07, 6.45) is 31.5. The second-order valence-electron chi connectivity index (χ2n) is 39.8. The average Bonchev–Trinajstić information content (AvgIpc) is 1.61. The largest absolute Gasteiger partial charge is 1.00 e. The Morgan fingerprint density at radius 2 is 0.676 bits per heavy atom. The summed E-state index contributed by atoms with van der Waals surface area (Å²) in [5.41, 5.74) is 5.64. The molecule has 6 aliphatic carbocycles. The van der Waals surface area contributed by atoms with Gasteiger partial charge in [0.05, 0.1) is 61.4 Å². The van der Waals surface area contributed by atoms with Gasteiger partial charge in [0.15, 0.2) is 0 Å². The minimum atomic E-state index is -3.71. The van der Waals surface area contributed by atoms with E-state index in [4.69, 9.17) is 16.8 Å². The number of aryl methyl sites for hydroxylation is 6. The molecule has 6 saturated carbocycles. The Hall–Kier alpha value is -5.52. The van der Waals surface area contributed by atoms with Crippen LogP contribution in [0.15, 0.2) is 175 Å². The molecule has 762 valence electrons. The van der Waals surface area contributed by atoms with E-state index in [1.165, 1.54) is 101 Å². The summed E-state index contributed by atoms with van der Waals surface area (Å²) in [5, 5.41) is 0. The molecule has 2 spiro atoms. The summed E-state index contributed by atoms with van der Waals surface area (Å²) in [6.45, 7) is 27.9. The van der Waals surface area contributed by atoms with Crippen LogP contribution in [-0.2, 0) is 85.0 Å². The first kappa shape index (κ1) is 114. The summed E-state index contributed by atoms with van der Waals surface area (Å²) in [5.74, 6) is 2.12. The van der Waals surface area contributed by atoms with Gasteiger partial charge in [0.1, 0.15) is 0 Å². The van der Waals surface area contributed by atoms with Crippen LogP contribution in [0, 0.1) is 75.5 Å². The van der Waals surface area contributed by atoms with Crippen molar-refractivity contribution in [2.75, 3.05) is 137 Å². The van der Waals surface area contributed by atoms with Gasteiger partial charge in [-0.25, -0.2) is 60.0 Å². The van der Waals surface area contributed by atoms with Gasteiger partial charge in [-0.05, 0) is 285 Å². The molecule has 0 atom stereocenters. The third-order valence-electron chi connectivity index (χ3n) is 28.2. The molecule has 3 N–H and O–H groups in total. The van der Waals surface area contributed by atoms with Crippen LogP contribution < -0.4 is 26.8 Å². The lowest BCUT2D eigenvalue weighted by molar-refractivity contribution is -0.904. The van der Waals surface area contributed by atoms with Crippen molar-refractivity contribution in [3.05, 3.63) is 179 Å². The monoisotopic (exact) mass is 2060 g/mol. The lowest BCUT2D eigenvalue weighted by Crippen LogP contribution is -3.12. The van der Waals surface area contributed by atoms with E-state index < -0.39 is 80.9 Å². The molecule has 6 aromatic carbocycles. The molecular formula is C100H154ClN9O18S8. The van der Waals surface area contributed by atoms with Gasteiger partial charge in [-0.1, -0.05) is 177 Å². The SMILES string of the molecule is CCCC1(COS(=O)(=O)CC)CC1.Cc1ccc(S(=O)(=O)N2CCCN(CC3CCCCC3)CCCN(S(=O)(=O)c3ccc(C)cc3)CC3(CC3)C2)cc1.Cc1ccc(S(=O)(=O)N2CCC[NH+](CC3CCCCC3)CCCN(S(=O)(=O)c3ccc(C)cc3)CC3(CC3)C2)cc1.Cc1ccc(S(=O)(=O)NCCCN(CCCNS(=O)(=O)c2ccc(C)cc2)CC2CCCCC2)cc1.O=S(=O)=O.[Cl-]. The van der Waals surface area contributed by atoms with Crippen molar-refractivity contribution in [2.24, 2.45) is 34.0 Å². The number of nitrogens with one attached hydrogen (secondary N) is 3. The van der Waals surface area contributed by atoms with Crippen LogP contribution in [-0.4, -0.2) is 235 Å². The van der Waals surface area contributed by atoms with Gasteiger partial charge in [0.25, 0.3) is 10.1 Å².